The highest BCUT2D eigenvalue weighted by Gasteiger charge is 2.68. The molecule has 1 unspecified atom stereocenters. The van der Waals surface area contributed by atoms with E-state index >= 15 is 8.78 Å². The number of amides is 4. The molecule has 0 radical (unpaired) electrons. The van der Waals surface area contributed by atoms with Gasteiger partial charge in [0, 0.05) is 48.0 Å². The Bertz CT molecular complexity index is 3900. The van der Waals surface area contributed by atoms with Crippen molar-refractivity contribution in [2.45, 2.75) is 87.2 Å². The molecule has 23 nitrogen and oxygen atoms in total. The molecule has 4 heterocycles. The Kier molecular flexibility index (Phi) is 17.0. The van der Waals surface area contributed by atoms with Crippen molar-refractivity contribution < 1.29 is 109 Å². The molecular formula is C48H45ClF10N9O14PS2. The van der Waals surface area contributed by atoms with Gasteiger partial charge in [0.05, 0.1) is 40.0 Å². The lowest BCUT2D eigenvalue weighted by atomic mass is 9.93. The summed E-state index contributed by atoms with van der Waals surface area (Å²) in [6, 6.07) is 1.36. The molecule has 4 atom stereocenters. The van der Waals surface area contributed by atoms with Gasteiger partial charge in [-0.2, -0.15) is 49.6 Å². The van der Waals surface area contributed by atoms with Crippen LogP contribution < -0.4 is 9.62 Å². The number of urea groups is 1. The zero-order valence-corrected chi connectivity index (χ0v) is 47.3. The molecule has 3 aromatic heterocycles. The molecule has 2 aliphatic carbocycles. The molecule has 8 rings (SSSR count). The number of phosphoric ester groups is 1. The van der Waals surface area contributed by atoms with Crippen LogP contribution in [-0.2, 0) is 74.9 Å². The number of carboxylic acid groups (broad SMARTS) is 1. The smallest absolute Gasteiger partial charge is 0.472 e. The van der Waals surface area contributed by atoms with E-state index in [1.165, 1.54) is 13.8 Å². The Hall–Kier alpha value is -7.09. The van der Waals surface area contributed by atoms with Gasteiger partial charge in [-0.1, -0.05) is 23.6 Å². The number of benzene rings is 2. The summed E-state index contributed by atoms with van der Waals surface area (Å²) in [6.07, 6.45) is -12.0. The summed E-state index contributed by atoms with van der Waals surface area (Å²) in [7, 11) is -14.3. The van der Waals surface area contributed by atoms with Crippen LogP contribution in [0.2, 0.25) is 5.02 Å². The Balaban J connectivity index is 1.30. The highest BCUT2D eigenvalue weighted by Crippen LogP contribution is 2.68. The van der Waals surface area contributed by atoms with Crippen LogP contribution in [0.5, 0.6) is 0 Å². The number of sulfone groups is 1. The summed E-state index contributed by atoms with van der Waals surface area (Å²) in [5.74, 6) is -8.25. The van der Waals surface area contributed by atoms with E-state index in [0.717, 1.165) is 47.6 Å². The lowest BCUT2D eigenvalue weighted by molar-refractivity contribution is -0.143. The highest BCUT2D eigenvalue weighted by molar-refractivity contribution is 7.93. The standard InChI is InChI=1S/C48H45ClF10N9O14PS2/c1-45(2,84(3,77)78)11-9-26-5-6-28(38(60-26)33(15-23-13-24(50)16-25(51)14-23)61-34(69)19-66-41-36(40(62-66)48(57,58)59)30-17-31(30)47(41,55)56)29-7-8-32(49)37-39(29)67(21-46(52,53)54)63-42(37)68(85(4,79)80)43(72)65-12-10-27(65)18-64(20-35(70)71)44(73)81-22-82-83(74,75)76/h5-8,13-14,16,27,30-31,33H,10,12,15,17-22H2,1-4H3,(H,61,69)(H,70,71)(H2,74,75,76)/t27-,30+,31-,33?/m1/s1. The molecule has 37 heteroatoms. The lowest BCUT2D eigenvalue weighted by Crippen LogP contribution is -2.61. The van der Waals surface area contributed by atoms with E-state index in [-0.39, 0.29) is 44.3 Å². The van der Waals surface area contributed by atoms with Gasteiger partial charge in [0.2, 0.25) is 22.7 Å². The first-order valence-corrected chi connectivity index (χ1v) is 30.2. The number of halogens is 11. The monoisotopic (exact) mass is 1290 g/mol. The van der Waals surface area contributed by atoms with Gasteiger partial charge in [-0.15, -0.1) is 0 Å². The van der Waals surface area contributed by atoms with Crippen molar-refractivity contribution in [3.63, 3.8) is 0 Å². The maximum absolute atomic E-state index is 15.7. The van der Waals surface area contributed by atoms with Crippen molar-refractivity contribution in [3.05, 3.63) is 93.0 Å². The summed E-state index contributed by atoms with van der Waals surface area (Å²) in [4.78, 5) is 77.0. The first-order valence-electron chi connectivity index (χ1n) is 24.5. The molecule has 4 N–H and O–H groups in total. The molecule has 0 bridgehead atoms. The maximum atomic E-state index is 15.7. The van der Waals surface area contributed by atoms with Crippen molar-refractivity contribution >= 4 is 80.0 Å². The second-order valence-electron chi connectivity index (χ2n) is 20.4. The van der Waals surface area contributed by atoms with Gasteiger partial charge in [-0.3, -0.25) is 23.9 Å². The number of nitrogens with one attached hydrogen (secondary N) is 1. The zero-order chi connectivity index (χ0) is 63.1. The molecule has 0 spiro atoms. The number of sulfonamides is 1. The quantitative estimate of drug-likeness (QED) is 0.0302. The number of alkyl halides is 8. The lowest BCUT2D eigenvalue weighted by Gasteiger charge is -2.44. The largest absolute Gasteiger partial charge is 0.480 e. The zero-order valence-electron chi connectivity index (χ0n) is 44.0. The van der Waals surface area contributed by atoms with Crippen LogP contribution in [0.15, 0.2) is 42.5 Å². The number of ether oxygens (including phenoxy) is 1. The number of likely N-dealkylation sites (tertiary alicyclic amines) is 1. The number of hydrogen-bond donors (Lipinski definition) is 4. The summed E-state index contributed by atoms with van der Waals surface area (Å²) in [5, 5.41) is 17.9. The van der Waals surface area contributed by atoms with Gasteiger partial charge in [0.25, 0.3) is 5.92 Å². The number of pyridine rings is 1. The van der Waals surface area contributed by atoms with E-state index in [1.807, 2.05) is 0 Å². The van der Waals surface area contributed by atoms with Gasteiger partial charge >= 0.3 is 38.3 Å². The number of carbonyl (C=O) groups is 4. The predicted octanol–water partition coefficient (Wildman–Crippen LogP) is 6.84. The Morgan fingerprint density at radius 2 is 1.61 bits per heavy atom. The van der Waals surface area contributed by atoms with Crippen molar-refractivity contribution in [2.75, 3.05) is 43.2 Å². The number of fused-ring (bicyclic) bond motifs is 4. The number of aliphatic carboxylic acids is 1. The van der Waals surface area contributed by atoms with Crippen LogP contribution in [-0.4, -0.2) is 146 Å². The van der Waals surface area contributed by atoms with Gasteiger partial charge in [0.15, 0.2) is 21.3 Å². The third kappa shape index (κ3) is 13.8. The number of phosphoric acid groups is 1. The molecule has 1 saturated heterocycles. The first kappa shape index (κ1) is 63.9. The summed E-state index contributed by atoms with van der Waals surface area (Å²) < 4.78 is 220. The fourth-order valence-electron chi connectivity index (χ4n) is 9.65. The minimum atomic E-state index is -5.28. The summed E-state index contributed by atoms with van der Waals surface area (Å²) in [5.41, 5.74) is -6.61. The van der Waals surface area contributed by atoms with Crippen LogP contribution in [0.4, 0.5) is 59.3 Å². The molecular weight excluding hydrogens is 1250 g/mol. The minimum absolute atomic E-state index is 0.0656. The van der Waals surface area contributed by atoms with Gasteiger partial charge < -0.3 is 29.8 Å². The topological polar surface area (TPSA) is 303 Å². The number of carbonyl (C=O) groups excluding carboxylic acids is 3. The number of anilines is 1. The fraction of sp³-hybridized carbons (Fsp3) is 0.438. The molecule has 85 heavy (non-hydrogen) atoms. The second kappa shape index (κ2) is 22.6. The summed E-state index contributed by atoms with van der Waals surface area (Å²) >= 11 is 6.72. The van der Waals surface area contributed by atoms with E-state index in [9.17, 15) is 80.8 Å². The van der Waals surface area contributed by atoms with Crippen LogP contribution in [0.1, 0.15) is 72.6 Å². The number of carboxylic acids is 1. The maximum Gasteiger partial charge on any atom is 0.472 e. The number of hydrogen-bond acceptors (Lipinski definition) is 14. The van der Waals surface area contributed by atoms with E-state index in [1.54, 1.807) is 0 Å². The van der Waals surface area contributed by atoms with Crippen molar-refractivity contribution in [1.82, 2.24) is 39.7 Å². The Morgan fingerprint density at radius 3 is 2.18 bits per heavy atom. The van der Waals surface area contributed by atoms with E-state index in [0.29, 0.717) is 17.2 Å². The normalized spacial score (nSPS) is 17.9. The average molecular weight is 1290 g/mol. The van der Waals surface area contributed by atoms with Crippen LogP contribution in [0, 0.1) is 29.4 Å². The molecule has 5 aromatic rings. The number of rotatable bonds is 18. The third-order valence-corrected chi connectivity index (χ3v) is 17.5. The van der Waals surface area contributed by atoms with Gasteiger partial charge in [-0.25, -0.2) is 49.3 Å². The van der Waals surface area contributed by atoms with Crippen molar-refractivity contribution in [3.8, 4) is 23.0 Å². The number of aromatic nitrogens is 5. The average Bonchev–Trinajstić information content (AvgIpc) is 1.54. The molecule has 2 aromatic carbocycles. The SMILES string of the molecule is CC(C)(C#Cc1ccc(-c2ccc(Cl)c3c(N(C(=O)N4CC[C@@H]4CN(CC(=O)O)C(=O)OCOP(=O)(O)O)S(C)(=O)=O)nn(CC(F)(F)F)c23)c(C(Cc2cc(F)cc(F)c2)NC(=O)Cn2nc(C(F)(F)F)c3c2C(F)(F)[C@@H]2C[C@H]32)n1)S(C)(=O)=O. The van der Waals surface area contributed by atoms with Crippen LogP contribution in [0.3, 0.4) is 0 Å². The Morgan fingerprint density at radius 1 is 0.965 bits per heavy atom. The van der Waals surface area contributed by atoms with Gasteiger partial charge in [-0.05, 0) is 80.8 Å². The van der Waals surface area contributed by atoms with E-state index in [2.05, 4.69) is 41.6 Å². The predicted molar refractivity (Wildman–Crippen MR) is 274 cm³/mol. The fourth-order valence-corrected chi connectivity index (χ4v) is 11.1. The highest BCUT2D eigenvalue weighted by atomic mass is 35.5. The van der Waals surface area contributed by atoms with Crippen LogP contribution >= 0.6 is 19.4 Å². The van der Waals surface area contributed by atoms with E-state index in [4.69, 9.17) is 21.4 Å². The second-order valence-corrected chi connectivity index (χ2v) is 26.4. The first-order chi connectivity index (χ1) is 39.1. The third-order valence-electron chi connectivity index (χ3n) is 13.8. The van der Waals surface area contributed by atoms with Crippen molar-refractivity contribution in [1.29, 1.82) is 0 Å². The Labute approximate surface area is 479 Å². The number of nitrogens with zero attached hydrogens (tertiary/aromatic N) is 8. The minimum Gasteiger partial charge on any atom is -0.480 e. The van der Waals surface area contributed by atoms with E-state index < -0.39 is 205 Å². The van der Waals surface area contributed by atoms with Crippen LogP contribution in [0.25, 0.3) is 22.0 Å². The van der Waals surface area contributed by atoms with Crippen molar-refractivity contribution in [2.24, 2.45) is 5.92 Å². The molecule has 1 saturated carbocycles. The molecule has 1 aliphatic heterocycles. The molecule has 2 fully saturated rings. The molecule has 460 valence electrons. The molecule has 4 amide bonds. The summed E-state index contributed by atoms with van der Waals surface area (Å²) in [6.45, 7) is -4.78. The molecule has 3 aliphatic rings. The van der Waals surface area contributed by atoms with Gasteiger partial charge in [0.1, 0.15) is 47.4 Å².